The third kappa shape index (κ3) is 2.72. The average Bonchev–Trinajstić information content (AvgIpc) is 2.68. The van der Waals surface area contributed by atoms with Crippen LogP contribution in [-0.2, 0) is 0 Å². The summed E-state index contributed by atoms with van der Waals surface area (Å²) in [5.41, 5.74) is 3.55. The second kappa shape index (κ2) is 6.62. The maximum Gasteiger partial charge on any atom is 0.337 e. The Balaban J connectivity index is 2.21. The zero-order valence-electron chi connectivity index (χ0n) is 13.7. The molecule has 0 unspecified atom stereocenters. The second-order valence-electron chi connectivity index (χ2n) is 5.88. The predicted octanol–water partition coefficient (Wildman–Crippen LogP) is 5.92. The lowest BCUT2D eigenvalue weighted by Crippen LogP contribution is -2.05. The van der Waals surface area contributed by atoms with E-state index in [-0.39, 0.29) is 5.56 Å². The van der Waals surface area contributed by atoms with Crippen molar-refractivity contribution in [3.63, 3.8) is 0 Å². The lowest BCUT2D eigenvalue weighted by molar-refractivity contribution is 0.0700. The summed E-state index contributed by atoms with van der Waals surface area (Å²) >= 11 is 6.34. The van der Waals surface area contributed by atoms with E-state index in [4.69, 9.17) is 16.6 Å². The van der Waals surface area contributed by atoms with Gasteiger partial charge in [-0.3, -0.25) is 0 Å². The van der Waals surface area contributed by atoms with E-state index in [0.717, 1.165) is 11.1 Å². The van der Waals surface area contributed by atoms with Crippen LogP contribution in [0.25, 0.3) is 33.3 Å². The number of hydrogen-bond donors (Lipinski definition) is 1. The van der Waals surface area contributed by atoms with E-state index >= 15 is 0 Å². The van der Waals surface area contributed by atoms with Gasteiger partial charge in [-0.25, -0.2) is 9.78 Å². The molecule has 0 radical (unpaired) electrons. The molecule has 1 aromatic heterocycles. The molecule has 1 N–H and O–H groups in total. The van der Waals surface area contributed by atoms with Crippen LogP contribution in [-0.4, -0.2) is 16.1 Å². The van der Waals surface area contributed by atoms with Crippen molar-refractivity contribution in [3.05, 3.63) is 89.4 Å². The van der Waals surface area contributed by atoms with Crippen LogP contribution in [0.3, 0.4) is 0 Å². The van der Waals surface area contributed by atoms with Crippen molar-refractivity contribution in [2.75, 3.05) is 0 Å². The molecule has 0 saturated heterocycles. The molecule has 4 aromatic rings. The normalized spacial score (nSPS) is 10.8. The van der Waals surface area contributed by atoms with Crippen molar-refractivity contribution in [2.24, 2.45) is 0 Å². The zero-order valence-corrected chi connectivity index (χ0v) is 14.4. The summed E-state index contributed by atoms with van der Waals surface area (Å²) in [5.74, 6) is -1.00. The number of carboxylic acid groups (broad SMARTS) is 1. The molecule has 0 atom stereocenters. The molecule has 3 aromatic carbocycles. The maximum absolute atomic E-state index is 12.2. The molecule has 1 heterocycles. The standard InChI is InChI=1S/C22H14ClNO2/c23-17-13-7-12-16-19(22(25)26)18(14-8-3-1-4-9-14)20(24-21(16)17)15-10-5-2-6-11-15/h1-13H,(H,25,26). The topological polar surface area (TPSA) is 50.2 Å². The third-order valence-electron chi connectivity index (χ3n) is 4.29. The van der Waals surface area contributed by atoms with Crippen LogP contribution in [0.5, 0.6) is 0 Å². The summed E-state index contributed by atoms with van der Waals surface area (Å²) in [7, 11) is 0. The summed E-state index contributed by atoms with van der Waals surface area (Å²) in [5, 5.41) is 11.0. The number of benzene rings is 3. The third-order valence-corrected chi connectivity index (χ3v) is 4.60. The van der Waals surface area contributed by atoms with Gasteiger partial charge in [-0.05, 0) is 11.6 Å². The zero-order chi connectivity index (χ0) is 18.1. The number of nitrogens with zero attached hydrogens (tertiary/aromatic N) is 1. The highest BCUT2D eigenvalue weighted by molar-refractivity contribution is 6.35. The van der Waals surface area contributed by atoms with Crippen LogP contribution in [0.15, 0.2) is 78.9 Å². The molecular formula is C22H14ClNO2. The second-order valence-corrected chi connectivity index (χ2v) is 6.29. The first-order chi connectivity index (χ1) is 12.7. The highest BCUT2D eigenvalue weighted by atomic mass is 35.5. The van der Waals surface area contributed by atoms with Crippen LogP contribution in [0.1, 0.15) is 10.4 Å². The van der Waals surface area contributed by atoms with Crippen LogP contribution >= 0.6 is 11.6 Å². The van der Waals surface area contributed by atoms with E-state index in [1.54, 1.807) is 18.2 Å². The molecule has 0 saturated carbocycles. The van der Waals surface area contributed by atoms with Crippen LogP contribution in [0.4, 0.5) is 0 Å². The highest BCUT2D eigenvalue weighted by Crippen LogP contribution is 2.39. The van der Waals surface area contributed by atoms with Gasteiger partial charge in [-0.2, -0.15) is 0 Å². The molecule has 26 heavy (non-hydrogen) atoms. The van der Waals surface area contributed by atoms with Gasteiger partial charge in [-0.15, -0.1) is 0 Å². The first-order valence-electron chi connectivity index (χ1n) is 8.13. The predicted molar refractivity (Wildman–Crippen MR) is 105 cm³/mol. The first kappa shape index (κ1) is 16.3. The largest absolute Gasteiger partial charge is 0.478 e. The molecule has 126 valence electrons. The summed E-state index contributed by atoms with van der Waals surface area (Å²) in [4.78, 5) is 17.0. The maximum atomic E-state index is 12.2. The van der Waals surface area contributed by atoms with E-state index in [1.165, 1.54) is 0 Å². The fourth-order valence-electron chi connectivity index (χ4n) is 3.16. The van der Waals surface area contributed by atoms with Gasteiger partial charge in [0.25, 0.3) is 0 Å². The monoisotopic (exact) mass is 359 g/mol. The Labute approximate surface area is 155 Å². The fraction of sp³-hybridized carbons (Fsp3) is 0. The molecule has 0 amide bonds. The van der Waals surface area contributed by atoms with Crippen molar-refractivity contribution in [1.82, 2.24) is 4.98 Å². The van der Waals surface area contributed by atoms with Crippen molar-refractivity contribution in [1.29, 1.82) is 0 Å². The number of aromatic nitrogens is 1. The van der Waals surface area contributed by atoms with Gasteiger partial charge in [-0.1, -0.05) is 84.4 Å². The van der Waals surface area contributed by atoms with Gasteiger partial charge in [0.05, 0.1) is 21.8 Å². The number of fused-ring (bicyclic) bond motifs is 1. The molecule has 4 heteroatoms. The van der Waals surface area contributed by atoms with Crippen molar-refractivity contribution in [2.45, 2.75) is 0 Å². The molecule has 4 rings (SSSR count). The van der Waals surface area contributed by atoms with Gasteiger partial charge in [0.2, 0.25) is 0 Å². The van der Waals surface area contributed by atoms with E-state index in [1.807, 2.05) is 60.7 Å². The summed E-state index contributed by atoms with van der Waals surface area (Å²) in [6, 6.07) is 24.2. The van der Waals surface area contributed by atoms with Gasteiger partial charge in [0.1, 0.15) is 0 Å². The Morgan fingerprint density at radius 2 is 1.42 bits per heavy atom. The number of hydrogen-bond acceptors (Lipinski definition) is 2. The molecule has 0 spiro atoms. The van der Waals surface area contributed by atoms with E-state index < -0.39 is 5.97 Å². The molecule has 3 nitrogen and oxygen atoms in total. The van der Waals surface area contributed by atoms with E-state index in [2.05, 4.69) is 0 Å². The number of pyridine rings is 1. The summed E-state index contributed by atoms with van der Waals surface area (Å²) in [6.45, 7) is 0. The number of para-hydroxylation sites is 1. The SMILES string of the molecule is O=C(O)c1c(-c2ccccc2)c(-c2ccccc2)nc2c(Cl)cccc12. The van der Waals surface area contributed by atoms with Crippen molar-refractivity contribution < 1.29 is 9.90 Å². The van der Waals surface area contributed by atoms with E-state index in [9.17, 15) is 9.90 Å². The number of carboxylic acids is 1. The number of aromatic carboxylic acids is 1. The van der Waals surface area contributed by atoms with E-state index in [0.29, 0.717) is 27.2 Å². The van der Waals surface area contributed by atoms with Gasteiger partial charge < -0.3 is 5.11 Å². The lowest BCUT2D eigenvalue weighted by Gasteiger charge is -2.16. The van der Waals surface area contributed by atoms with Crippen molar-refractivity contribution >= 4 is 28.5 Å². The number of halogens is 1. The van der Waals surface area contributed by atoms with Crippen LogP contribution < -0.4 is 0 Å². The fourth-order valence-corrected chi connectivity index (χ4v) is 3.38. The minimum Gasteiger partial charge on any atom is -0.478 e. The Morgan fingerprint density at radius 3 is 2.04 bits per heavy atom. The van der Waals surface area contributed by atoms with Gasteiger partial charge >= 0.3 is 5.97 Å². The van der Waals surface area contributed by atoms with Crippen LogP contribution in [0, 0.1) is 0 Å². The average molecular weight is 360 g/mol. The Bertz CT molecular complexity index is 1110. The molecule has 0 aliphatic rings. The number of rotatable bonds is 3. The molecule has 0 fully saturated rings. The first-order valence-corrected chi connectivity index (χ1v) is 8.51. The minimum atomic E-state index is -1.00. The summed E-state index contributed by atoms with van der Waals surface area (Å²) < 4.78 is 0. The Kier molecular flexibility index (Phi) is 4.15. The highest BCUT2D eigenvalue weighted by Gasteiger charge is 2.23. The number of carbonyl (C=O) groups is 1. The van der Waals surface area contributed by atoms with Crippen LogP contribution in [0.2, 0.25) is 5.02 Å². The molecule has 0 aliphatic carbocycles. The van der Waals surface area contributed by atoms with Crippen molar-refractivity contribution in [3.8, 4) is 22.4 Å². The Morgan fingerprint density at radius 1 is 0.808 bits per heavy atom. The molecular weight excluding hydrogens is 346 g/mol. The molecule has 0 aliphatic heterocycles. The molecule has 0 bridgehead atoms. The lowest BCUT2D eigenvalue weighted by atomic mass is 9.92. The Hall–Kier alpha value is -3.17. The minimum absolute atomic E-state index is 0.211. The summed E-state index contributed by atoms with van der Waals surface area (Å²) in [6.07, 6.45) is 0. The van der Waals surface area contributed by atoms with Gasteiger partial charge in [0.15, 0.2) is 0 Å². The smallest absolute Gasteiger partial charge is 0.337 e. The van der Waals surface area contributed by atoms with Gasteiger partial charge in [0, 0.05) is 16.5 Å². The quantitative estimate of drug-likeness (QED) is 0.494.